The molecule has 1 nitrogen and oxygen atoms in total. The topological polar surface area (TPSA) is 20.2 Å². The smallest absolute Gasteiger partial charge is 0.121 e. The molecule has 19 heavy (non-hydrogen) atoms. The molecule has 0 aliphatic carbocycles. The van der Waals surface area contributed by atoms with Crippen LogP contribution < -0.4 is 0 Å². The third-order valence-electron chi connectivity index (χ3n) is 2.93. The second-order valence-electron chi connectivity index (χ2n) is 4.51. The number of halogens is 2. The van der Waals surface area contributed by atoms with Crippen LogP contribution in [0.4, 0.5) is 0 Å². The minimum atomic E-state index is 0.353. The number of hydrogen-bond acceptors (Lipinski definition) is 1. The Morgan fingerprint density at radius 1 is 0.842 bits per heavy atom. The minimum Gasteiger partial charge on any atom is -0.507 e. The molecule has 0 unspecified atom stereocenters. The van der Waals surface area contributed by atoms with Crippen molar-refractivity contribution in [1.82, 2.24) is 0 Å². The maximum absolute atomic E-state index is 9.73. The van der Waals surface area contributed by atoms with Gasteiger partial charge in [0.2, 0.25) is 0 Å². The summed E-state index contributed by atoms with van der Waals surface area (Å²) in [5.74, 6) is 0.353. The molecule has 0 heterocycles. The summed E-state index contributed by atoms with van der Waals surface area (Å²) in [5.41, 5.74) is 3.76. The van der Waals surface area contributed by atoms with Crippen molar-refractivity contribution in [2.75, 3.05) is 0 Å². The van der Waals surface area contributed by atoms with Crippen LogP contribution in [0, 0.1) is 13.8 Å². The van der Waals surface area contributed by atoms with Gasteiger partial charge >= 0.3 is 0 Å². The molecular weight excluding hydrogens is 279 g/mol. The van der Waals surface area contributed by atoms with Gasteiger partial charge in [0, 0.05) is 0 Å². The fraction of sp³-hybridized carbons (Fsp3) is 0.125. The van der Waals surface area contributed by atoms with E-state index in [1.54, 1.807) is 6.07 Å². The van der Waals surface area contributed by atoms with E-state index in [9.17, 15) is 5.11 Å². The first-order chi connectivity index (χ1) is 8.97. The Morgan fingerprint density at radius 3 is 2.00 bits per heavy atom. The van der Waals surface area contributed by atoms with Crippen LogP contribution in [0.15, 0.2) is 30.3 Å². The molecule has 0 bridgehead atoms. The highest BCUT2D eigenvalue weighted by atomic mass is 35.5. The summed E-state index contributed by atoms with van der Waals surface area (Å²) in [6, 6.07) is 9.38. The molecule has 3 heteroatoms. The first-order valence-corrected chi connectivity index (χ1v) is 6.66. The van der Waals surface area contributed by atoms with Crippen molar-refractivity contribution in [2.24, 2.45) is 0 Å². The van der Waals surface area contributed by atoms with Crippen molar-refractivity contribution in [3.8, 4) is 5.75 Å². The lowest BCUT2D eigenvalue weighted by molar-refractivity contribution is 0.467. The molecule has 0 amide bonds. The van der Waals surface area contributed by atoms with Crippen molar-refractivity contribution in [2.45, 2.75) is 13.8 Å². The zero-order valence-electron chi connectivity index (χ0n) is 10.7. The maximum Gasteiger partial charge on any atom is 0.121 e. The van der Waals surface area contributed by atoms with Crippen molar-refractivity contribution in [1.29, 1.82) is 0 Å². The van der Waals surface area contributed by atoms with E-state index in [0.29, 0.717) is 15.8 Å². The molecular formula is C16H14Cl2O. The van der Waals surface area contributed by atoms with E-state index in [2.05, 4.69) is 0 Å². The second kappa shape index (κ2) is 5.68. The number of benzene rings is 2. The summed E-state index contributed by atoms with van der Waals surface area (Å²) in [6.45, 7) is 3.78. The predicted octanol–water partition coefficient (Wildman–Crippen LogP) is 5.49. The molecule has 0 aliphatic heterocycles. The molecule has 0 aromatic heterocycles. The Hall–Kier alpha value is -1.44. The van der Waals surface area contributed by atoms with E-state index in [0.717, 1.165) is 22.3 Å². The van der Waals surface area contributed by atoms with E-state index < -0.39 is 0 Å². The third-order valence-corrected chi connectivity index (χ3v) is 3.66. The lowest BCUT2D eigenvalue weighted by Crippen LogP contribution is -1.83. The molecule has 0 saturated heterocycles. The highest BCUT2D eigenvalue weighted by Gasteiger charge is 2.01. The Balaban J connectivity index is 2.30. The number of aromatic hydroxyl groups is 1. The van der Waals surface area contributed by atoms with Crippen LogP contribution in [-0.4, -0.2) is 5.11 Å². The van der Waals surface area contributed by atoms with Gasteiger partial charge in [-0.25, -0.2) is 0 Å². The summed E-state index contributed by atoms with van der Waals surface area (Å²) in [7, 11) is 0. The quantitative estimate of drug-likeness (QED) is 0.726. The number of phenolic OH excluding ortho intramolecular Hbond substituents is 1. The zero-order chi connectivity index (χ0) is 14.0. The molecule has 1 N–H and O–H groups in total. The van der Waals surface area contributed by atoms with Gasteiger partial charge in [-0.15, -0.1) is 0 Å². The van der Waals surface area contributed by atoms with Crippen molar-refractivity contribution in [3.05, 3.63) is 62.6 Å². The molecule has 98 valence electrons. The van der Waals surface area contributed by atoms with Crippen LogP contribution >= 0.6 is 23.2 Å². The van der Waals surface area contributed by atoms with E-state index in [-0.39, 0.29) is 0 Å². The highest BCUT2D eigenvalue weighted by molar-refractivity contribution is 6.42. The SMILES string of the molecule is Cc1cc(/C=C/c2ccc(Cl)c(Cl)c2)cc(C)c1O. The highest BCUT2D eigenvalue weighted by Crippen LogP contribution is 2.25. The van der Waals surface area contributed by atoms with E-state index in [1.807, 2.05) is 50.3 Å². The van der Waals surface area contributed by atoms with Crippen LogP contribution in [0.5, 0.6) is 5.75 Å². The lowest BCUT2D eigenvalue weighted by atomic mass is 10.0. The van der Waals surface area contributed by atoms with Crippen molar-refractivity contribution >= 4 is 35.4 Å². The van der Waals surface area contributed by atoms with Gasteiger partial charge in [-0.2, -0.15) is 0 Å². The predicted molar refractivity (Wildman–Crippen MR) is 83.0 cm³/mol. The van der Waals surface area contributed by atoms with Crippen LogP contribution in [0.1, 0.15) is 22.3 Å². The zero-order valence-corrected chi connectivity index (χ0v) is 12.3. The number of hydrogen-bond donors (Lipinski definition) is 1. The van der Waals surface area contributed by atoms with Gasteiger partial charge in [0.1, 0.15) is 5.75 Å². The van der Waals surface area contributed by atoms with Gasteiger partial charge in [0.25, 0.3) is 0 Å². The Labute approximate surface area is 123 Å². The Bertz CT molecular complexity index is 622. The Morgan fingerprint density at radius 2 is 1.42 bits per heavy atom. The summed E-state index contributed by atoms with van der Waals surface area (Å²) in [6.07, 6.45) is 3.95. The minimum absolute atomic E-state index is 0.353. The van der Waals surface area contributed by atoms with Crippen LogP contribution in [0.3, 0.4) is 0 Å². The standard InChI is InChI=1S/C16H14Cl2O/c1-10-7-13(8-11(2)16(10)19)4-3-12-5-6-14(17)15(18)9-12/h3-9,19H,1-2H3/b4-3+. The van der Waals surface area contributed by atoms with Crippen LogP contribution in [0.2, 0.25) is 10.0 Å². The van der Waals surface area contributed by atoms with E-state index >= 15 is 0 Å². The molecule has 0 atom stereocenters. The number of aryl methyl sites for hydroxylation is 2. The van der Waals surface area contributed by atoms with Gasteiger partial charge in [0.15, 0.2) is 0 Å². The summed E-state index contributed by atoms with van der Waals surface area (Å²) < 4.78 is 0. The van der Waals surface area contributed by atoms with Crippen LogP contribution in [-0.2, 0) is 0 Å². The molecule has 2 aromatic carbocycles. The summed E-state index contributed by atoms with van der Waals surface area (Å²) in [5, 5.41) is 10.8. The molecule has 2 rings (SSSR count). The van der Waals surface area contributed by atoms with Gasteiger partial charge in [-0.3, -0.25) is 0 Å². The second-order valence-corrected chi connectivity index (χ2v) is 5.32. The molecule has 0 spiro atoms. The fourth-order valence-corrected chi connectivity index (χ4v) is 2.20. The molecule has 0 aliphatic rings. The van der Waals surface area contributed by atoms with Gasteiger partial charge in [-0.05, 0) is 60.4 Å². The molecule has 2 aromatic rings. The van der Waals surface area contributed by atoms with Gasteiger partial charge < -0.3 is 5.11 Å². The fourth-order valence-electron chi connectivity index (χ4n) is 1.89. The Kier molecular flexibility index (Phi) is 4.18. The lowest BCUT2D eigenvalue weighted by Gasteiger charge is -2.04. The van der Waals surface area contributed by atoms with Crippen molar-refractivity contribution in [3.63, 3.8) is 0 Å². The van der Waals surface area contributed by atoms with E-state index in [4.69, 9.17) is 23.2 Å². The summed E-state index contributed by atoms with van der Waals surface area (Å²) >= 11 is 11.8. The van der Waals surface area contributed by atoms with Gasteiger partial charge in [-0.1, -0.05) is 41.4 Å². The average molecular weight is 293 g/mol. The van der Waals surface area contributed by atoms with Crippen LogP contribution in [0.25, 0.3) is 12.2 Å². The first-order valence-electron chi connectivity index (χ1n) is 5.90. The maximum atomic E-state index is 9.73. The number of rotatable bonds is 2. The average Bonchev–Trinajstić information content (AvgIpc) is 2.37. The molecule has 0 saturated carbocycles. The normalized spacial score (nSPS) is 11.2. The monoisotopic (exact) mass is 292 g/mol. The third kappa shape index (κ3) is 3.31. The number of phenols is 1. The van der Waals surface area contributed by atoms with Gasteiger partial charge in [0.05, 0.1) is 10.0 Å². The largest absolute Gasteiger partial charge is 0.507 e. The van der Waals surface area contributed by atoms with E-state index in [1.165, 1.54) is 0 Å². The molecule has 0 radical (unpaired) electrons. The van der Waals surface area contributed by atoms with Crippen molar-refractivity contribution < 1.29 is 5.11 Å². The molecule has 0 fully saturated rings. The first kappa shape index (κ1) is 14.0. The summed E-state index contributed by atoms with van der Waals surface area (Å²) in [4.78, 5) is 0.